The van der Waals surface area contributed by atoms with Crippen LogP contribution in [0.5, 0.6) is 0 Å². The van der Waals surface area contributed by atoms with Crippen molar-refractivity contribution in [2.75, 3.05) is 6.54 Å². The van der Waals surface area contributed by atoms with Gasteiger partial charge in [0.25, 0.3) is 0 Å². The molecule has 17 heavy (non-hydrogen) atoms. The van der Waals surface area contributed by atoms with Crippen molar-refractivity contribution in [3.05, 3.63) is 0 Å². The molecule has 1 rings (SSSR count). The van der Waals surface area contributed by atoms with Crippen LogP contribution in [-0.2, 0) is 4.79 Å². The molecular weight excluding hydrogens is 235 g/mol. The van der Waals surface area contributed by atoms with Gasteiger partial charge in [0.15, 0.2) is 0 Å². The molecule has 1 saturated heterocycles. The van der Waals surface area contributed by atoms with E-state index < -0.39 is 12.1 Å². The SMILES string of the molecule is CC.CCC1CCCCN1.O=C(O)C(F)(F)F. The number of alkyl halides is 3. The van der Waals surface area contributed by atoms with Gasteiger partial charge >= 0.3 is 12.1 Å². The maximum atomic E-state index is 10.6. The Morgan fingerprint density at radius 1 is 1.35 bits per heavy atom. The Morgan fingerprint density at radius 3 is 2.00 bits per heavy atom. The van der Waals surface area contributed by atoms with Crippen molar-refractivity contribution in [1.82, 2.24) is 5.32 Å². The van der Waals surface area contributed by atoms with E-state index in [1.165, 1.54) is 32.2 Å². The van der Waals surface area contributed by atoms with E-state index in [9.17, 15) is 13.2 Å². The van der Waals surface area contributed by atoms with Crippen molar-refractivity contribution < 1.29 is 23.1 Å². The number of carboxylic acid groups (broad SMARTS) is 1. The standard InChI is InChI=1S/C7H15N.C2HF3O2.C2H6/c1-2-7-5-3-4-6-8-7;3-2(4,5)1(6)7;1-2/h7-8H,2-6H2,1H3;(H,6,7);1-2H3. The first-order valence-electron chi connectivity index (χ1n) is 5.91. The molecule has 1 heterocycles. The molecule has 0 aromatic rings. The molecule has 1 unspecified atom stereocenters. The third-order valence-corrected chi connectivity index (χ3v) is 2.15. The van der Waals surface area contributed by atoms with Crippen molar-refractivity contribution in [1.29, 1.82) is 0 Å². The molecule has 0 amide bonds. The van der Waals surface area contributed by atoms with E-state index in [2.05, 4.69) is 12.2 Å². The number of hydrogen-bond donors (Lipinski definition) is 2. The zero-order valence-electron chi connectivity index (χ0n) is 10.6. The number of rotatable bonds is 1. The van der Waals surface area contributed by atoms with Gasteiger partial charge in [-0.05, 0) is 25.8 Å². The third kappa shape index (κ3) is 11.5. The lowest BCUT2D eigenvalue weighted by Crippen LogP contribution is -2.32. The summed E-state index contributed by atoms with van der Waals surface area (Å²) >= 11 is 0. The molecular formula is C11H22F3NO2. The molecule has 1 aliphatic rings. The normalized spacial score (nSPS) is 19.3. The lowest BCUT2D eigenvalue weighted by atomic mass is 10.0. The van der Waals surface area contributed by atoms with Crippen LogP contribution < -0.4 is 5.32 Å². The van der Waals surface area contributed by atoms with Crippen molar-refractivity contribution in [3.8, 4) is 0 Å². The summed E-state index contributed by atoms with van der Waals surface area (Å²) in [6.45, 7) is 7.50. The second-order valence-corrected chi connectivity index (χ2v) is 3.36. The predicted octanol–water partition coefficient (Wildman–Crippen LogP) is 3.20. The molecule has 0 aromatic carbocycles. The number of carboxylic acids is 1. The number of carbonyl (C=O) groups is 1. The average molecular weight is 257 g/mol. The molecule has 1 atom stereocenters. The van der Waals surface area contributed by atoms with Crippen LogP contribution in [0.4, 0.5) is 13.2 Å². The summed E-state index contributed by atoms with van der Waals surface area (Å²) in [5.41, 5.74) is 0. The van der Waals surface area contributed by atoms with Crippen LogP contribution in [-0.4, -0.2) is 29.8 Å². The topological polar surface area (TPSA) is 49.3 Å². The molecule has 1 fully saturated rings. The molecule has 0 bridgehead atoms. The number of nitrogens with one attached hydrogen (secondary N) is 1. The molecule has 3 nitrogen and oxygen atoms in total. The summed E-state index contributed by atoms with van der Waals surface area (Å²) in [4.78, 5) is 8.90. The Balaban J connectivity index is 0. The fraction of sp³-hybridized carbons (Fsp3) is 0.909. The minimum absolute atomic E-state index is 0.837. The summed E-state index contributed by atoms with van der Waals surface area (Å²) in [5, 5.41) is 10.6. The van der Waals surface area contributed by atoms with Gasteiger partial charge in [0.2, 0.25) is 0 Å². The van der Waals surface area contributed by atoms with Gasteiger partial charge < -0.3 is 10.4 Å². The minimum Gasteiger partial charge on any atom is -0.475 e. The molecule has 1 aliphatic heterocycles. The van der Waals surface area contributed by atoms with E-state index in [0.717, 1.165) is 6.04 Å². The minimum atomic E-state index is -5.08. The number of hydrogen-bond acceptors (Lipinski definition) is 2. The summed E-state index contributed by atoms with van der Waals surface area (Å²) in [5.74, 6) is -2.76. The highest BCUT2D eigenvalue weighted by molar-refractivity contribution is 5.73. The van der Waals surface area contributed by atoms with Crippen LogP contribution >= 0.6 is 0 Å². The van der Waals surface area contributed by atoms with E-state index in [4.69, 9.17) is 9.90 Å². The quantitative estimate of drug-likeness (QED) is 0.758. The fourth-order valence-corrected chi connectivity index (χ4v) is 1.27. The highest BCUT2D eigenvalue weighted by Gasteiger charge is 2.38. The third-order valence-electron chi connectivity index (χ3n) is 2.15. The molecule has 0 radical (unpaired) electrons. The van der Waals surface area contributed by atoms with Crippen LogP contribution in [0.15, 0.2) is 0 Å². The Morgan fingerprint density at radius 2 is 1.82 bits per heavy atom. The summed E-state index contributed by atoms with van der Waals surface area (Å²) < 4.78 is 31.7. The van der Waals surface area contributed by atoms with E-state index in [0.29, 0.717) is 0 Å². The van der Waals surface area contributed by atoms with Crippen LogP contribution in [0.1, 0.15) is 46.5 Å². The van der Waals surface area contributed by atoms with Gasteiger partial charge in [-0.15, -0.1) is 0 Å². The molecule has 0 spiro atoms. The van der Waals surface area contributed by atoms with Gasteiger partial charge in [-0.3, -0.25) is 0 Å². The van der Waals surface area contributed by atoms with Crippen LogP contribution in [0.3, 0.4) is 0 Å². The van der Waals surface area contributed by atoms with Crippen LogP contribution in [0, 0.1) is 0 Å². The summed E-state index contributed by atoms with van der Waals surface area (Å²) in [7, 11) is 0. The maximum Gasteiger partial charge on any atom is 0.490 e. The average Bonchev–Trinajstić information content (AvgIpc) is 2.32. The first-order valence-corrected chi connectivity index (χ1v) is 5.91. The highest BCUT2D eigenvalue weighted by Crippen LogP contribution is 2.13. The van der Waals surface area contributed by atoms with Crippen LogP contribution in [0.2, 0.25) is 0 Å². The van der Waals surface area contributed by atoms with Gasteiger partial charge in [0.05, 0.1) is 0 Å². The Labute approximate surface area is 100 Å². The highest BCUT2D eigenvalue weighted by atomic mass is 19.4. The van der Waals surface area contributed by atoms with E-state index in [1.54, 1.807) is 0 Å². The smallest absolute Gasteiger partial charge is 0.475 e. The Bertz CT molecular complexity index is 190. The predicted molar refractivity (Wildman–Crippen MR) is 61.0 cm³/mol. The van der Waals surface area contributed by atoms with E-state index >= 15 is 0 Å². The first kappa shape index (κ1) is 18.6. The van der Waals surface area contributed by atoms with Gasteiger partial charge in [-0.2, -0.15) is 13.2 Å². The maximum absolute atomic E-state index is 10.6. The van der Waals surface area contributed by atoms with Crippen molar-refractivity contribution in [2.24, 2.45) is 0 Å². The largest absolute Gasteiger partial charge is 0.490 e. The van der Waals surface area contributed by atoms with E-state index in [1.807, 2.05) is 13.8 Å². The molecule has 0 aromatic heterocycles. The van der Waals surface area contributed by atoms with E-state index in [-0.39, 0.29) is 0 Å². The van der Waals surface area contributed by atoms with Crippen molar-refractivity contribution in [3.63, 3.8) is 0 Å². The number of halogens is 3. The lowest BCUT2D eigenvalue weighted by Gasteiger charge is -2.21. The lowest BCUT2D eigenvalue weighted by molar-refractivity contribution is -0.192. The van der Waals surface area contributed by atoms with Gasteiger partial charge in [0, 0.05) is 6.04 Å². The number of aliphatic carboxylic acids is 1. The molecule has 104 valence electrons. The first-order chi connectivity index (χ1) is 7.88. The zero-order valence-corrected chi connectivity index (χ0v) is 10.6. The summed E-state index contributed by atoms with van der Waals surface area (Å²) in [6.07, 6.45) is 0.443. The van der Waals surface area contributed by atoms with Gasteiger partial charge in [-0.25, -0.2) is 4.79 Å². The Hall–Kier alpha value is -0.780. The van der Waals surface area contributed by atoms with Crippen molar-refractivity contribution in [2.45, 2.75) is 58.7 Å². The number of piperidine rings is 1. The summed E-state index contributed by atoms with van der Waals surface area (Å²) in [6, 6.07) is 0.837. The zero-order chi connectivity index (χ0) is 13.9. The molecule has 0 aliphatic carbocycles. The Kier molecular flexibility index (Phi) is 11.3. The molecule has 6 heteroatoms. The second kappa shape index (κ2) is 10.4. The van der Waals surface area contributed by atoms with Crippen molar-refractivity contribution >= 4 is 5.97 Å². The molecule has 0 saturated carbocycles. The van der Waals surface area contributed by atoms with Gasteiger partial charge in [0.1, 0.15) is 0 Å². The second-order valence-electron chi connectivity index (χ2n) is 3.36. The fourth-order valence-electron chi connectivity index (χ4n) is 1.27. The van der Waals surface area contributed by atoms with Gasteiger partial charge in [-0.1, -0.05) is 27.2 Å². The molecule has 2 N–H and O–H groups in total. The van der Waals surface area contributed by atoms with Crippen LogP contribution in [0.25, 0.3) is 0 Å². The monoisotopic (exact) mass is 257 g/mol.